The fourth-order valence-corrected chi connectivity index (χ4v) is 3.98. The highest BCUT2D eigenvalue weighted by Crippen LogP contribution is 2.33. The molecular formula is C24H21Cl2NO3. The summed E-state index contributed by atoms with van der Waals surface area (Å²) in [5.74, 6) is 1.41. The largest absolute Gasteiger partial charge is 0.454 e. The summed E-state index contributed by atoms with van der Waals surface area (Å²) in [6, 6.07) is 18.8. The molecular weight excluding hydrogens is 421 g/mol. The molecule has 1 aliphatic rings. The van der Waals surface area contributed by atoms with Crippen LogP contribution in [-0.2, 0) is 13.0 Å². The van der Waals surface area contributed by atoms with Crippen molar-refractivity contribution in [2.24, 2.45) is 0 Å². The zero-order chi connectivity index (χ0) is 21.1. The third-order valence-corrected chi connectivity index (χ3v) is 5.73. The smallest absolute Gasteiger partial charge is 0.254 e. The molecule has 3 aromatic carbocycles. The predicted molar refractivity (Wildman–Crippen MR) is 119 cm³/mol. The number of ether oxygens (including phenoxy) is 2. The molecule has 0 bridgehead atoms. The van der Waals surface area contributed by atoms with E-state index in [1.54, 1.807) is 6.07 Å². The van der Waals surface area contributed by atoms with Crippen LogP contribution in [0.3, 0.4) is 0 Å². The molecule has 0 saturated carbocycles. The first-order valence-corrected chi connectivity index (χ1v) is 10.4. The molecule has 30 heavy (non-hydrogen) atoms. The van der Waals surface area contributed by atoms with Gasteiger partial charge in [0.25, 0.3) is 5.91 Å². The molecule has 1 amide bonds. The van der Waals surface area contributed by atoms with Crippen molar-refractivity contribution >= 4 is 29.1 Å². The number of nitrogens with zero attached hydrogens (tertiary/aromatic N) is 1. The van der Waals surface area contributed by atoms with Gasteiger partial charge < -0.3 is 14.4 Å². The maximum Gasteiger partial charge on any atom is 0.254 e. The van der Waals surface area contributed by atoms with Gasteiger partial charge in [-0.2, -0.15) is 0 Å². The molecule has 0 atom stereocenters. The lowest BCUT2D eigenvalue weighted by Crippen LogP contribution is -2.33. The van der Waals surface area contributed by atoms with Gasteiger partial charge in [0.2, 0.25) is 6.79 Å². The third kappa shape index (κ3) is 4.55. The minimum atomic E-state index is -0.0177. The van der Waals surface area contributed by atoms with Crippen molar-refractivity contribution in [3.05, 3.63) is 93.0 Å². The second-order valence-corrected chi connectivity index (χ2v) is 8.06. The summed E-state index contributed by atoms with van der Waals surface area (Å²) in [6.07, 6.45) is 0.623. The highest BCUT2D eigenvalue weighted by Gasteiger charge is 2.20. The van der Waals surface area contributed by atoms with Gasteiger partial charge in [-0.3, -0.25) is 4.79 Å². The van der Waals surface area contributed by atoms with E-state index in [1.807, 2.05) is 66.4 Å². The molecule has 1 aliphatic heterocycles. The molecule has 0 spiro atoms. The number of amides is 1. The maximum absolute atomic E-state index is 13.4. The molecule has 0 aliphatic carbocycles. The molecule has 0 saturated heterocycles. The zero-order valence-corrected chi connectivity index (χ0v) is 18.0. The number of halogens is 2. The number of fused-ring (bicyclic) bond motifs is 1. The van der Waals surface area contributed by atoms with Crippen LogP contribution in [0.5, 0.6) is 11.5 Å². The summed E-state index contributed by atoms with van der Waals surface area (Å²) >= 11 is 12.4. The minimum Gasteiger partial charge on any atom is -0.454 e. The van der Waals surface area contributed by atoms with Gasteiger partial charge in [0.15, 0.2) is 11.5 Å². The van der Waals surface area contributed by atoms with Crippen LogP contribution in [-0.4, -0.2) is 24.1 Å². The van der Waals surface area contributed by atoms with Gasteiger partial charge in [-0.25, -0.2) is 0 Å². The number of rotatable bonds is 6. The van der Waals surface area contributed by atoms with Crippen LogP contribution in [0.15, 0.2) is 60.7 Å². The Labute approximate surface area is 185 Å². The maximum atomic E-state index is 13.4. The van der Waals surface area contributed by atoms with Crippen LogP contribution in [0.1, 0.15) is 27.0 Å². The molecule has 6 heteroatoms. The summed E-state index contributed by atoms with van der Waals surface area (Å²) in [5, 5.41) is 1.20. The Bertz CT molecular complexity index is 1080. The molecule has 3 aromatic rings. The average Bonchev–Trinajstić information content (AvgIpc) is 3.20. The van der Waals surface area contributed by atoms with Crippen molar-refractivity contribution in [1.82, 2.24) is 4.90 Å². The number of carbonyl (C=O) groups excluding carboxylic acids is 1. The van der Waals surface area contributed by atoms with Gasteiger partial charge in [0, 0.05) is 28.7 Å². The summed E-state index contributed by atoms with van der Waals surface area (Å²) in [5.41, 5.74) is 3.57. The fourth-order valence-electron chi connectivity index (χ4n) is 3.48. The van der Waals surface area contributed by atoms with E-state index >= 15 is 0 Å². The summed E-state index contributed by atoms with van der Waals surface area (Å²) in [6.45, 7) is 3.14. The van der Waals surface area contributed by atoms with Crippen molar-refractivity contribution in [3.8, 4) is 11.5 Å². The van der Waals surface area contributed by atoms with Crippen LogP contribution >= 0.6 is 23.2 Å². The zero-order valence-electron chi connectivity index (χ0n) is 16.5. The first kappa shape index (κ1) is 20.6. The number of benzene rings is 3. The molecule has 154 valence electrons. The van der Waals surface area contributed by atoms with E-state index in [1.165, 1.54) is 0 Å². The number of carbonyl (C=O) groups is 1. The van der Waals surface area contributed by atoms with Crippen LogP contribution in [0.2, 0.25) is 10.0 Å². The fraction of sp³-hybridized carbons (Fsp3) is 0.208. The van der Waals surface area contributed by atoms with Crippen molar-refractivity contribution in [3.63, 3.8) is 0 Å². The monoisotopic (exact) mass is 441 g/mol. The summed E-state index contributed by atoms with van der Waals surface area (Å²) in [7, 11) is 0. The highest BCUT2D eigenvalue weighted by atomic mass is 35.5. The SMILES string of the molecule is Cc1ccccc1C(=O)N(CCc1ccc(Cl)cc1Cl)Cc1ccc2c(c1)OCO2. The number of aryl methyl sites for hydroxylation is 1. The second-order valence-electron chi connectivity index (χ2n) is 7.21. The average molecular weight is 442 g/mol. The lowest BCUT2D eigenvalue weighted by atomic mass is 10.1. The Hall–Kier alpha value is -2.69. The Morgan fingerprint density at radius 3 is 2.60 bits per heavy atom. The van der Waals surface area contributed by atoms with E-state index in [4.69, 9.17) is 32.7 Å². The Balaban J connectivity index is 1.58. The van der Waals surface area contributed by atoms with E-state index < -0.39 is 0 Å². The quantitative estimate of drug-likeness (QED) is 0.476. The Morgan fingerprint density at radius 2 is 1.80 bits per heavy atom. The number of hydrogen-bond donors (Lipinski definition) is 0. The van der Waals surface area contributed by atoms with Crippen molar-refractivity contribution in [1.29, 1.82) is 0 Å². The second kappa shape index (κ2) is 8.99. The van der Waals surface area contributed by atoms with Crippen LogP contribution in [0, 0.1) is 6.92 Å². The van der Waals surface area contributed by atoms with Crippen LogP contribution in [0.4, 0.5) is 0 Å². The molecule has 0 aromatic heterocycles. The third-order valence-electron chi connectivity index (χ3n) is 5.14. The van der Waals surface area contributed by atoms with Crippen LogP contribution < -0.4 is 9.47 Å². The van der Waals surface area contributed by atoms with Gasteiger partial charge in [0.05, 0.1) is 0 Å². The van der Waals surface area contributed by atoms with E-state index in [2.05, 4.69) is 0 Å². The van der Waals surface area contributed by atoms with Gasteiger partial charge in [0.1, 0.15) is 0 Å². The van der Waals surface area contributed by atoms with Gasteiger partial charge in [-0.1, -0.05) is 53.5 Å². The predicted octanol–water partition coefficient (Wildman–Crippen LogP) is 5.92. The van der Waals surface area contributed by atoms with Gasteiger partial charge in [-0.15, -0.1) is 0 Å². The minimum absolute atomic E-state index is 0.0177. The van der Waals surface area contributed by atoms with E-state index in [9.17, 15) is 4.79 Å². The lowest BCUT2D eigenvalue weighted by molar-refractivity contribution is 0.0744. The molecule has 1 heterocycles. The lowest BCUT2D eigenvalue weighted by Gasteiger charge is -2.24. The number of hydrogen-bond acceptors (Lipinski definition) is 3. The standard InChI is InChI=1S/C24H21Cl2NO3/c1-16-4-2-3-5-20(16)24(28)27(11-10-18-7-8-19(25)13-21(18)26)14-17-6-9-22-23(12-17)30-15-29-22/h2-9,12-13H,10-11,14-15H2,1H3. The molecule has 0 unspecified atom stereocenters. The van der Waals surface area contributed by atoms with Crippen molar-refractivity contribution in [2.75, 3.05) is 13.3 Å². The van der Waals surface area contributed by atoms with E-state index in [0.717, 1.165) is 22.4 Å². The van der Waals surface area contributed by atoms with Gasteiger partial charge >= 0.3 is 0 Å². The normalized spacial score (nSPS) is 12.1. The van der Waals surface area contributed by atoms with Gasteiger partial charge in [-0.05, 0) is 60.4 Å². The molecule has 0 fully saturated rings. The highest BCUT2D eigenvalue weighted by molar-refractivity contribution is 6.35. The first-order chi connectivity index (χ1) is 14.5. The van der Waals surface area contributed by atoms with Crippen molar-refractivity contribution in [2.45, 2.75) is 19.9 Å². The van der Waals surface area contributed by atoms with Crippen molar-refractivity contribution < 1.29 is 14.3 Å². The first-order valence-electron chi connectivity index (χ1n) is 9.68. The Kier molecular flexibility index (Phi) is 6.16. The molecule has 0 N–H and O–H groups in total. The van der Waals surface area contributed by atoms with E-state index in [0.29, 0.717) is 40.9 Å². The summed E-state index contributed by atoms with van der Waals surface area (Å²) in [4.78, 5) is 15.2. The molecule has 4 rings (SSSR count). The molecule has 4 nitrogen and oxygen atoms in total. The molecule has 0 radical (unpaired) electrons. The van der Waals surface area contributed by atoms with Crippen LogP contribution in [0.25, 0.3) is 0 Å². The topological polar surface area (TPSA) is 38.8 Å². The Morgan fingerprint density at radius 1 is 1.00 bits per heavy atom. The summed E-state index contributed by atoms with van der Waals surface area (Å²) < 4.78 is 10.9. The van der Waals surface area contributed by atoms with E-state index in [-0.39, 0.29) is 12.7 Å².